The summed E-state index contributed by atoms with van der Waals surface area (Å²) in [4.78, 5) is 12.9. The topological polar surface area (TPSA) is 92.4 Å². The Morgan fingerprint density at radius 1 is 1.20 bits per heavy atom. The molecule has 0 spiro atoms. The van der Waals surface area contributed by atoms with Crippen LogP contribution in [-0.4, -0.2) is 70.0 Å². The molecular formula is C16H21N5O3S. The van der Waals surface area contributed by atoms with E-state index in [1.807, 2.05) is 18.3 Å². The van der Waals surface area contributed by atoms with E-state index in [4.69, 9.17) is 4.52 Å². The third-order valence-electron chi connectivity index (χ3n) is 4.93. The molecule has 0 N–H and O–H groups in total. The number of hydrogen-bond acceptors (Lipinski definition) is 8. The maximum absolute atomic E-state index is 12.3. The predicted octanol–water partition coefficient (Wildman–Crippen LogP) is 0.256. The molecule has 0 saturated carbocycles. The number of rotatable bonds is 4. The molecule has 2 aromatic heterocycles. The van der Waals surface area contributed by atoms with Gasteiger partial charge in [0, 0.05) is 51.0 Å². The summed E-state index contributed by atoms with van der Waals surface area (Å²) < 4.78 is 29.6. The van der Waals surface area contributed by atoms with Crippen molar-refractivity contribution in [3.05, 3.63) is 41.8 Å². The van der Waals surface area contributed by atoms with Gasteiger partial charge in [-0.05, 0) is 11.6 Å². The molecule has 0 aromatic carbocycles. The van der Waals surface area contributed by atoms with Gasteiger partial charge in [0.1, 0.15) is 0 Å². The number of piperazine rings is 1. The summed E-state index contributed by atoms with van der Waals surface area (Å²) in [5, 5.41) is 3.95. The average molecular weight is 363 g/mol. The largest absolute Gasteiger partial charge is 0.340 e. The highest BCUT2D eigenvalue weighted by Gasteiger charge is 2.46. The van der Waals surface area contributed by atoms with Crippen LogP contribution >= 0.6 is 0 Å². The van der Waals surface area contributed by atoms with Crippen LogP contribution in [0.4, 0.5) is 0 Å². The van der Waals surface area contributed by atoms with E-state index in [9.17, 15) is 8.42 Å². The van der Waals surface area contributed by atoms with Crippen molar-refractivity contribution in [2.24, 2.45) is 0 Å². The Hall–Kier alpha value is -1.84. The number of sulfone groups is 1. The van der Waals surface area contributed by atoms with E-state index in [2.05, 4.69) is 24.9 Å². The highest BCUT2D eigenvalue weighted by atomic mass is 32.2. The van der Waals surface area contributed by atoms with Gasteiger partial charge in [0.2, 0.25) is 5.89 Å². The summed E-state index contributed by atoms with van der Waals surface area (Å²) in [5.74, 6) is 1.54. The second kappa shape index (κ2) is 6.47. The van der Waals surface area contributed by atoms with Crippen molar-refractivity contribution < 1.29 is 12.9 Å². The first-order valence-corrected chi connectivity index (χ1v) is 10.2. The average Bonchev–Trinajstić information content (AvgIpc) is 3.13. The molecule has 0 aliphatic carbocycles. The van der Waals surface area contributed by atoms with Gasteiger partial charge in [0.15, 0.2) is 15.7 Å². The molecule has 4 rings (SSSR count). The van der Waals surface area contributed by atoms with Gasteiger partial charge >= 0.3 is 0 Å². The fraction of sp³-hybridized carbons (Fsp3) is 0.562. The van der Waals surface area contributed by atoms with Crippen molar-refractivity contribution >= 4 is 9.84 Å². The Bertz CT molecular complexity index is 838. The summed E-state index contributed by atoms with van der Waals surface area (Å²) >= 11 is 0. The molecule has 8 nitrogen and oxygen atoms in total. The van der Waals surface area contributed by atoms with E-state index in [1.54, 1.807) is 13.1 Å². The minimum atomic E-state index is -3.04. The Morgan fingerprint density at radius 3 is 2.52 bits per heavy atom. The molecular weight excluding hydrogens is 342 g/mol. The van der Waals surface area contributed by atoms with Crippen molar-refractivity contribution in [3.63, 3.8) is 0 Å². The number of hydrogen-bond donors (Lipinski definition) is 0. The molecule has 0 bridgehead atoms. The van der Waals surface area contributed by atoms with Crippen LogP contribution in [0.1, 0.15) is 17.3 Å². The maximum Gasteiger partial charge on any atom is 0.223 e. The molecule has 2 saturated heterocycles. The Labute approximate surface area is 146 Å². The molecule has 0 radical (unpaired) electrons. The standard InChI is InChI=1S/C16H21N5O3S/c1-12-18-16(19-24-12)9-21-6-5-20(8-13-3-2-4-17-7-13)14-10-25(22,23)11-15(14)21/h2-4,7,14-15H,5-6,8-11H2,1H3/t14-,15+/m1/s1. The minimum Gasteiger partial charge on any atom is -0.340 e. The summed E-state index contributed by atoms with van der Waals surface area (Å²) in [6, 6.07) is 3.90. The van der Waals surface area contributed by atoms with E-state index >= 15 is 0 Å². The van der Waals surface area contributed by atoms with Gasteiger partial charge in [-0.25, -0.2) is 8.42 Å². The van der Waals surface area contributed by atoms with Crippen LogP contribution in [0.15, 0.2) is 29.0 Å². The van der Waals surface area contributed by atoms with Crippen molar-refractivity contribution in [3.8, 4) is 0 Å². The molecule has 0 unspecified atom stereocenters. The molecule has 0 amide bonds. The number of pyridine rings is 1. The van der Waals surface area contributed by atoms with Gasteiger partial charge in [-0.2, -0.15) is 4.98 Å². The molecule has 2 fully saturated rings. The molecule has 25 heavy (non-hydrogen) atoms. The van der Waals surface area contributed by atoms with Crippen molar-refractivity contribution in [1.29, 1.82) is 0 Å². The van der Waals surface area contributed by atoms with E-state index in [1.165, 1.54) is 0 Å². The number of fused-ring (bicyclic) bond motifs is 1. The molecule has 2 atom stereocenters. The van der Waals surface area contributed by atoms with Crippen LogP contribution in [0.5, 0.6) is 0 Å². The lowest BCUT2D eigenvalue weighted by Crippen LogP contribution is -2.58. The lowest BCUT2D eigenvalue weighted by Gasteiger charge is -2.43. The Balaban J connectivity index is 1.53. The fourth-order valence-corrected chi connectivity index (χ4v) is 5.85. The summed E-state index contributed by atoms with van der Waals surface area (Å²) in [5.41, 5.74) is 1.10. The van der Waals surface area contributed by atoms with E-state index in [0.717, 1.165) is 25.2 Å². The van der Waals surface area contributed by atoms with Crippen molar-refractivity contribution in [2.75, 3.05) is 24.6 Å². The van der Waals surface area contributed by atoms with Crippen LogP contribution in [0, 0.1) is 6.92 Å². The first-order chi connectivity index (χ1) is 12.0. The van der Waals surface area contributed by atoms with Gasteiger partial charge in [-0.1, -0.05) is 11.2 Å². The minimum absolute atomic E-state index is 0.00745. The van der Waals surface area contributed by atoms with Crippen molar-refractivity contribution in [1.82, 2.24) is 24.9 Å². The van der Waals surface area contributed by atoms with Gasteiger partial charge in [-0.15, -0.1) is 0 Å². The number of aromatic nitrogens is 3. The van der Waals surface area contributed by atoms with E-state index < -0.39 is 9.84 Å². The predicted molar refractivity (Wildman–Crippen MR) is 90.3 cm³/mol. The van der Waals surface area contributed by atoms with Crippen LogP contribution in [-0.2, 0) is 22.9 Å². The fourth-order valence-electron chi connectivity index (χ4n) is 3.80. The third kappa shape index (κ3) is 3.58. The molecule has 2 aliphatic rings. The van der Waals surface area contributed by atoms with Crippen molar-refractivity contribution in [2.45, 2.75) is 32.1 Å². The number of aryl methyl sites for hydroxylation is 1. The highest BCUT2D eigenvalue weighted by Crippen LogP contribution is 2.29. The van der Waals surface area contributed by atoms with E-state index in [-0.39, 0.29) is 23.6 Å². The van der Waals surface area contributed by atoms with Crippen LogP contribution in [0.3, 0.4) is 0 Å². The monoisotopic (exact) mass is 363 g/mol. The van der Waals surface area contributed by atoms with Gasteiger partial charge in [-0.3, -0.25) is 14.8 Å². The van der Waals surface area contributed by atoms with Crippen LogP contribution < -0.4 is 0 Å². The Kier molecular flexibility index (Phi) is 4.30. The van der Waals surface area contributed by atoms with Gasteiger partial charge in [0.05, 0.1) is 18.1 Å². The first-order valence-electron chi connectivity index (χ1n) is 8.37. The first kappa shape index (κ1) is 16.6. The highest BCUT2D eigenvalue weighted by molar-refractivity contribution is 7.91. The van der Waals surface area contributed by atoms with Crippen LogP contribution in [0.2, 0.25) is 0 Å². The summed E-state index contributed by atoms with van der Waals surface area (Å²) in [6.07, 6.45) is 3.59. The molecule has 134 valence electrons. The molecule has 9 heteroatoms. The van der Waals surface area contributed by atoms with Gasteiger partial charge in [0.25, 0.3) is 0 Å². The second-order valence-corrected chi connectivity index (χ2v) is 8.90. The SMILES string of the molecule is Cc1nc(CN2CCN(Cc3cccnc3)[C@@H]3CS(=O)(=O)C[C@@H]32)no1. The number of nitrogens with zero attached hydrogens (tertiary/aromatic N) is 5. The molecule has 2 aliphatic heterocycles. The van der Waals surface area contributed by atoms with E-state index in [0.29, 0.717) is 18.3 Å². The zero-order chi connectivity index (χ0) is 17.4. The zero-order valence-electron chi connectivity index (χ0n) is 14.1. The molecule has 4 heterocycles. The normalized spacial score (nSPS) is 26.6. The zero-order valence-corrected chi connectivity index (χ0v) is 14.9. The summed E-state index contributed by atoms with van der Waals surface area (Å²) in [6.45, 7) is 4.59. The lowest BCUT2D eigenvalue weighted by atomic mass is 10.0. The second-order valence-electron chi connectivity index (χ2n) is 6.74. The quantitative estimate of drug-likeness (QED) is 0.764. The lowest BCUT2D eigenvalue weighted by molar-refractivity contribution is 0.0335. The third-order valence-corrected chi connectivity index (χ3v) is 6.63. The van der Waals surface area contributed by atoms with Crippen LogP contribution in [0.25, 0.3) is 0 Å². The maximum atomic E-state index is 12.3. The Morgan fingerprint density at radius 2 is 1.92 bits per heavy atom. The summed E-state index contributed by atoms with van der Waals surface area (Å²) in [7, 11) is -3.04. The molecule has 2 aromatic rings. The van der Waals surface area contributed by atoms with Gasteiger partial charge < -0.3 is 4.52 Å². The smallest absolute Gasteiger partial charge is 0.223 e.